The predicted molar refractivity (Wildman–Crippen MR) is 100 cm³/mol. The lowest BCUT2D eigenvalue weighted by Crippen LogP contribution is -1.95. The summed E-state index contributed by atoms with van der Waals surface area (Å²) in [6.45, 7) is 2.29. The molecule has 2 aromatic heterocycles. The second-order valence-electron chi connectivity index (χ2n) is 5.71. The standard InChI is InChI=1S/C20H18S2/c1-2-7-16(19-12-14-8-3-5-10-17(14)21-19)20-13-15-9-4-6-11-18(15)22-20/h3-6,8-13,16H,2,7H2,1H3. The Hall–Kier alpha value is -1.64. The molecule has 0 atom stereocenters. The van der Waals surface area contributed by atoms with Gasteiger partial charge in [-0.2, -0.15) is 0 Å². The Labute approximate surface area is 139 Å². The molecule has 0 unspecified atom stereocenters. The lowest BCUT2D eigenvalue weighted by Gasteiger charge is -2.12. The molecule has 0 spiro atoms. The molecule has 0 aliphatic heterocycles. The van der Waals surface area contributed by atoms with E-state index in [1.807, 2.05) is 22.7 Å². The summed E-state index contributed by atoms with van der Waals surface area (Å²) in [6, 6.07) is 22.2. The molecule has 2 heteroatoms. The minimum atomic E-state index is 0.541. The third kappa shape index (κ3) is 2.47. The quantitative estimate of drug-likeness (QED) is 0.377. The van der Waals surface area contributed by atoms with Gasteiger partial charge in [0.15, 0.2) is 0 Å². The van der Waals surface area contributed by atoms with E-state index in [1.165, 1.54) is 42.8 Å². The van der Waals surface area contributed by atoms with Crippen molar-refractivity contribution in [3.8, 4) is 0 Å². The van der Waals surface area contributed by atoms with E-state index in [0.717, 1.165) is 0 Å². The number of hydrogen-bond acceptors (Lipinski definition) is 2. The van der Waals surface area contributed by atoms with Crippen molar-refractivity contribution in [1.29, 1.82) is 0 Å². The number of fused-ring (bicyclic) bond motifs is 2. The molecular formula is C20H18S2. The molecule has 2 aromatic carbocycles. The van der Waals surface area contributed by atoms with Crippen molar-refractivity contribution in [2.75, 3.05) is 0 Å². The summed E-state index contributed by atoms with van der Waals surface area (Å²) in [5.41, 5.74) is 0. The molecule has 110 valence electrons. The highest BCUT2D eigenvalue weighted by Crippen LogP contribution is 2.41. The Morgan fingerprint density at radius 3 is 1.73 bits per heavy atom. The zero-order chi connectivity index (χ0) is 14.9. The Morgan fingerprint density at radius 1 is 0.773 bits per heavy atom. The van der Waals surface area contributed by atoms with Crippen LogP contribution in [-0.4, -0.2) is 0 Å². The summed E-state index contributed by atoms with van der Waals surface area (Å²) in [5, 5.41) is 2.76. The number of benzene rings is 2. The summed E-state index contributed by atoms with van der Waals surface area (Å²) in [7, 11) is 0. The zero-order valence-corrected chi connectivity index (χ0v) is 14.2. The smallest absolute Gasteiger partial charge is 0.0345 e. The number of hydrogen-bond donors (Lipinski definition) is 0. The SMILES string of the molecule is CCCC(c1cc2ccccc2s1)c1cc2ccccc2s1. The van der Waals surface area contributed by atoms with Gasteiger partial charge in [-0.15, -0.1) is 22.7 Å². The minimum absolute atomic E-state index is 0.541. The molecule has 0 aliphatic rings. The summed E-state index contributed by atoms with van der Waals surface area (Å²) < 4.78 is 2.81. The van der Waals surface area contributed by atoms with Crippen LogP contribution in [-0.2, 0) is 0 Å². The van der Waals surface area contributed by atoms with Gasteiger partial charge in [-0.05, 0) is 41.5 Å². The van der Waals surface area contributed by atoms with Crippen molar-refractivity contribution in [2.45, 2.75) is 25.7 Å². The zero-order valence-electron chi connectivity index (χ0n) is 12.6. The van der Waals surface area contributed by atoms with Crippen LogP contribution in [0.5, 0.6) is 0 Å². The van der Waals surface area contributed by atoms with E-state index in [2.05, 4.69) is 67.6 Å². The second kappa shape index (κ2) is 5.86. The second-order valence-corrected chi connectivity index (χ2v) is 7.95. The third-order valence-corrected chi connectivity index (χ3v) is 6.61. The van der Waals surface area contributed by atoms with Gasteiger partial charge in [-0.3, -0.25) is 0 Å². The number of thiophene rings is 2. The molecule has 4 rings (SSSR count). The average Bonchev–Trinajstić information content (AvgIpc) is 3.15. The van der Waals surface area contributed by atoms with Gasteiger partial charge < -0.3 is 0 Å². The molecule has 2 heterocycles. The van der Waals surface area contributed by atoms with Crippen LogP contribution in [0.1, 0.15) is 35.4 Å². The van der Waals surface area contributed by atoms with Crippen molar-refractivity contribution in [2.24, 2.45) is 0 Å². The molecule has 0 radical (unpaired) electrons. The van der Waals surface area contributed by atoms with Crippen LogP contribution in [0, 0.1) is 0 Å². The number of rotatable bonds is 4. The fraction of sp³-hybridized carbons (Fsp3) is 0.200. The molecule has 0 fully saturated rings. The van der Waals surface area contributed by atoms with Gasteiger partial charge in [0, 0.05) is 25.1 Å². The average molecular weight is 322 g/mol. The van der Waals surface area contributed by atoms with Crippen LogP contribution in [0.2, 0.25) is 0 Å². The molecule has 22 heavy (non-hydrogen) atoms. The Balaban J connectivity index is 1.82. The van der Waals surface area contributed by atoms with E-state index >= 15 is 0 Å². The van der Waals surface area contributed by atoms with E-state index in [9.17, 15) is 0 Å². The Bertz CT molecular complexity index is 773. The van der Waals surface area contributed by atoms with Crippen molar-refractivity contribution < 1.29 is 0 Å². The van der Waals surface area contributed by atoms with Gasteiger partial charge in [0.2, 0.25) is 0 Å². The fourth-order valence-electron chi connectivity index (χ4n) is 3.06. The van der Waals surface area contributed by atoms with Crippen LogP contribution in [0.3, 0.4) is 0 Å². The van der Waals surface area contributed by atoms with E-state index in [-0.39, 0.29) is 0 Å². The highest BCUT2D eigenvalue weighted by Gasteiger charge is 2.18. The first-order valence-corrected chi connectivity index (χ1v) is 9.45. The molecule has 0 N–H and O–H groups in total. The van der Waals surface area contributed by atoms with Crippen molar-refractivity contribution in [1.82, 2.24) is 0 Å². The van der Waals surface area contributed by atoms with Crippen molar-refractivity contribution in [3.63, 3.8) is 0 Å². The van der Waals surface area contributed by atoms with Gasteiger partial charge in [-0.25, -0.2) is 0 Å². The van der Waals surface area contributed by atoms with E-state index in [0.29, 0.717) is 5.92 Å². The van der Waals surface area contributed by atoms with Gasteiger partial charge >= 0.3 is 0 Å². The van der Waals surface area contributed by atoms with Crippen LogP contribution >= 0.6 is 22.7 Å². The lowest BCUT2D eigenvalue weighted by molar-refractivity contribution is 0.719. The molecule has 0 bridgehead atoms. The summed E-state index contributed by atoms with van der Waals surface area (Å²) in [4.78, 5) is 3.02. The normalized spacial score (nSPS) is 11.7. The molecule has 0 nitrogen and oxygen atoms in total. The molecule has 0 saturated carbocycles. The van der Waals surface area contributed by atoms with Gasteiger partial charge in [-0.1, -0.05) is 49.7 Å². The molecule has 0 amide bonds. The largest absolute Gasteiger partial charge is 0.140 e. The molecule has 0 saturated heterocycles. The molecule has 4 aromatic rings. The first kappa shape index (κ1) is 14.0. The Kier molecular flexibility index (Phi) is 3.73. The molecule has 0 aliphatic carbocycles. The van der Waals surface area contributed by atoms with Crippen LogP contribution in [0.4, 0.5) is 0 Å². The minimum Gasteiger partial charge on any atom is -0.140 e. The van der Waals surface area contributed by atoms with E-state index < -0.39 is 0 Å². The third-order valence-electron chi connectivity index (χ3n) is 4.15. The summed E-state index contributed by atoms with van der Waals surface area (Å²) >= 11 is 3.91. The monoisotopic (exact) mass is 322 g/mol. The van der Waals surface area contributed by atoms with Crippen molar-refractivity contribution >= 4 is 42.8 Å². The first-order chi connectivity index (χ1) is 10.8. The van der Waals surface area contributed by atoms with Crippen LogP contribution < -0.4 is 0 Å². The van der Waals surface area contributed by atoms with E-state index in [4.69, 9.17) is 0 Å². The fourth-order valence-corrected chi connectivity index (χ4v) is 5.57. The summed E-state index contributed by atoms with van der Waals surface area (Å²) in [5.74, 6) is 0.541. The molecular weight excluding hydrogens is 304 g/mol. The predicted octanol–water partition coefficient (Wildman–Crippen LogP) is 7.05. The maximum atomic E-state index is 2.39. The highest BCUT2D eigenvalue weighted by atomic mass is 32.1. The maximum Gasteiger partial charge on any atom is 0.0345 e. The Morgan fingerprint density at radius 2 is 1.27 bits per heavy atom. The summed E-state index contributed by atoms with van der Waals surface area (Å²) in [6.07, 6.45) is 2.44. The lowest BCUT2D eigenvalue weighted by atomic mass is 9.99. The van der Waals surface area contributed by atoms with Gasteiger partial charge in [0.1, 0.15) is 0 Å². The van der Waals surface area contributed by atoms with Crippen LogP contribution in [0.15, 0.2) is 60.7 Å². The van der Waals surface area contributed by atoms with Gasteiger partial charge in [0.05, 0.1) is 0 Å². The van der Waals surface area contributed by atoms with E-state index in [1.54, 1.807) is 0 Å². The first-order valence-electron chi connectivity index (χ1n) is 7.82. The topological polar surface area (TPSA) is 0 Å². The van der Waals surface area contributed by atoms with Crippen molar-refractivity contribution in [3.05, 3.63) is 70.4 Å². The highest BCUT2D eigenvalue weighted by molar-refractivity contribution is 7.20. The maximum absolute atomic E-state index is 2.39. The van der Waals surface area contributed by atoms with Crippen LogP contribution in [0.25, 0.3) is 20.2 Å². The van der Waals surface area contributed by atoms with Gasteiger partial charge in [0.25, 0.3) is 0 Å².